The summed E-state index contributed by atoms with van der Waals surface area (Å²) in [6, 6.07) is 22.1. The molecule has 16 nitrogen and oxygen atoms in total. The molecule has 1 amide bonds. The molecule has 16 heteroatoms. The van der Waals surface area contributed by atoms with Crippen molar-refractivity contribution in [3.05, 3.63) is 128 Å². The van der Waals surface area contributed by atoms with E-state index in [4.69, 9.17) is 14.2 Å². The van der Waals surface area contributed by atoms with E-state index in [1.807, 2.05) is 0 Å². The maximum absolute atomic E-state index is 13.4. The van der Waals surface area contributed by atoms with E-state index in [0.717, 1.165) is 5.56 Å². The van der Waals surface area contributed by atoms with E-state index in [-0.39, 0.29) is 58.8 Å². The lowest BCUT2D eigenvalue weighted by atomic mass is 9.98. The number of nitro groups is 1. The molecule has 6 rings (SSSR count). The molecule has 5 aromatic rings. The maximum atomic E-state index is 13.4. The predicted molar refractivity (Wildman–Crippen MR) is 184 cm³/mol. The molecule has 1 aliphatic rings. The van der Waals surface area contributed by atoms with Crippen molar-refractivity contribution in [3.8, 4) is 0 Å². The topological polar surface area (TPSA) is 220 Å². The third kappa shape index (κ3) is 7.72. The Morgan fingerprint density at radius 2 is 1.56 bits per heavy atom. The molecule has 0 saturated carbocycles. The first-order chi connectivity index (χ1) is 25.0. The number of imidazole rings is 1. The number of amides is 1. The first kappa shape index (κ1) is 35.6. The normalized spacial score (nSPS) is 18.5. The van der Waals surface area contributed by atoms with Crippen LogP contribution in [0.4, 0.5) is 11.6 Å². The quantitative estimate of drug-likeness (QED) is 0.102. The lowest BCUT2D eigenvalue weighted by Crippen LogP contribution is -2.53. The highest BCUT2D eigenvalue weighted by Gasteiger charge is 2.46. The van der Waals surface area contributed by atoms with E-state index in [1.54, 1.807) is 74.5 Å². The van der Waals surface area contributed by atoms with Crippen LogP contribution in [0.15, 0.2) is 89.7 Å². The number of esters is 2. The Labute approximate surface area is 295 Å². The van der Waals surface area contributed by atoms with Gasteiger partial charge in [-0.25, -0.2) is 14.6 Å². The number of anilines is 1. The summed E-state index contributed by atoms with van der Waals surface area (Å²) in [4.78, 5) is 79.0. The maximum Gasteiger partial charge on any atom is 0.338 e. The van der Waals surface area contributed by atoms with E-state index < -0.39 is 52.8 Å². The monoisotopic (exact) mass is 710 g/mol. The SMILES string of the molecule is CC(C)C(=O)N(CCc1ccc([N+](=O)[O-])cc1)c1nc2nc(C3OC[C@@H](OC(=O)c4ccccc4)[C@@H](O)[C@H]3OC(=O)c3ccccc3)[nH]c2c(=O)[nH]1. The third-order valence-corrected chi connectivity index (χ3v) is 8.40. The number of H-pyrrole nitrogens is 2. The number of aliphatic hydroxyl groups is 1. The Bertz CT molecular complexity index is 2140. The zero-order valence-electron chi connectivity index (χ0n) is 28.0. The van der Waals surface area contributed by atoms with Gasteiger partial charge in [0, 0.05) is 24.6 Å². The van der Waals surface area contributed by atoms with Crippen molar-refractivity contribution in [2.24, 2.45) is 5.92 Å². The Hall–Kier alpha value is -6.26. The van der Waals surface area contributed by atoms with E-state index in [0.29, 0.717) is 6.42 Å². The van der Waals surface area contributed by atoms with Crippen LogP contribution < -0.4 is 10.5 Å². The molecule has 1 fully saturated rings. The van der Waals surface area contributed by atoms with Crippen molar-refractivity contribution in [2.45, 2.75) is 44.7 Å². The van der Waals surface area contributed by atoms with Gasteiger partial charge in [-0.3, -0.25) is 29.6 Å². The average molecular weight is 711 g/mol. The van der Waals surface area contributed by atoms with E-state index in [2.05, 4.69) is 19.9 Å². The fraction of sp³-hybridized carbons (Fsp3) is 0.278. The van der Waals surface area contributed by atoms with Crippen LogP contribution in [-0.4, -0.2) is 79.3 Å². The summed E-state index contributed by atoms with van der Waals surface area (Å²) in [6.07, 6.45) is -5.24. The minimum atomic E-state index is -1.58. The lowest BCUT2D eigenvalue weighted by Gasteiger charge is -2.38. The third-order valence-electron chi connectivity index (χ3n) is 8.40. The number of nitrogens with zero attached hydrogens (tertiary/aromatic N) is 4. The minimum Gasteiger partial charge on any atom is -0.453 e. The summed E-state index contributed by atoms with van der Waals surface area (Å²) in [5.41, 5.74) is 0.247. The highest BCUT2D eigenvalue weighted by atomic mass is 16.6. The number of hydrogen-bond acceptors (Lipinski definition) is 12. The van der Waals surface area contributed by atoms with Crippen molar-refractivity contribution in [1.29, 1.82) is 0 Å². The molecule has 2 aromatic heterocycles. The highest BCUT2D eigenvalue weighted by Crippen LogP contribution is 2.33. The number of nitro benzene ring substituents is 1. The van der Waals surface area contributed by atoms with Gasteiger partial charge in [-0.15, -0.1) is 0 Å². The number of aliphatic hydroxyl groups excluding tert-OH is 1. The number of hydrogen-bond donors (Lipinski definition) is 3. The van der Waals surface area contributed by atoms with Crippen molar-refractivity contribution in [2.75, 3.05) is 18.1 Å². The Balaban J connectivity index is 1.29. The molecule has 3 N–H and O–H groups in total. The van der Waals surface area contributed by atoms with Gasteiger partial charge in [0.05, 0.1) is 22.7 Å². The number of carbonyl (C=O) groups excluding carboxylic acids is 3. The number of nitrogens with one attached hydrogen (secondary N) is 2. The van der Waals surface area contributed by atoms with E-state index in [9.17, 15) is 34.4 Å². The summed E-state index contributed by atoms with van der Waals surface area (Å²) in [6.45, 7) is 3.16. The summed E-state index contributed by atoms with van der Waals surface area (Å²) in [5.74, 6) is -2.44. The van der Waals surface area contributed by atoms with Gasteiger partial charge < -0.3 is 24.3 Å². The van der Waals surface area contributed by atoms with Crippen molar-refractivity contribution >= 4 is 40.6 Å². The molecule has 1 aliphatic heterocycles. The van der Waals surface area contributed by atoms with Gasteiger partial charge in [-0.05, 0) is 36.2 Å². The van der Waals surface area contributed by atoms with Crippen LogP contribution in [0.1, 0.15) is 52.1 Å². The van der Waals surface area contributed by atoms with Crippen LogP contribution in [-0.2, 0) is 25.4 Å². The number of benzene rings is 3. The van der Waals surface area contributed by atoms with Gasteiger partial charge in [0.1, 0.15) is 11.9 Å². The van der Waals surface area contributed by atoms with Gasteiger partial charge in [-0.1, -0.05) is 62.4 Å². The fourth-order valence-corrected chi connectivity index (χ4v) is 5.63. The number of aromatic amines is 2. The fourth-order valence-electron chi connectivity index (χ4n) is 5.63. The standard InChI is InChI=1S/C36H34N6O10/c1-20(2)33(45)41(18-17-21-13-15-24(16-14-21)42(48)49)36-39-30-26(32(44)40-36)37-31(38-30)29-28(52-35(47)23-11-7-4-8-12-23)27(43)25(19-50-29)51-34(46)22-9-5-3-6-10-22/h3-16,20,25,27-29,43H,17-19H2,1-2H3,(H2,37,38,39,40,44)/t25-,27-,28-,29?/m1/s1. The molecule has 1 saturated heterocycles. The van der Waals surface area contributed by atoms with Crippen molar-refractivity contribution in [1.82, 2.24) is 19.9 Å². The molecule has 268 valence electrons. The molecule has 52 heavy (non-hydrogen) atoms. The number of rotatable bonds is 11. The molecule has 3 heterocycles. The minimum absolute atomic E-state index is 0.0180. The molecule has 0 bridgehead atoms. The first-order valence-corrected chi connectivity index (χ1v) is 16.4. The molecule has 4 atom stereocenters. The van der Waals surface area contributed by atoms with Crippen LogP contribution in [0.3, 0.4) is 0 Å². The van der Waals surface area contributed by atoms with Crippen molar-refractivity contribution in [3.63, 3.8) is 0 Å². The van der Waals surface area contributed by atoms with Gasteiger partial charge in [0.15, 0.2) is 29.5 Å². The van der Waals surface area contributed by atoms with Crippen LogP contribution in [0, 0.1) is 16.0 Å². The second-order valence-corrected chi connectivity index (χ2v) is 12.3. The van der Waals surface area contributed by atoms with Gasteiger partial charge in [-0.2, -0.15) is 4.98 Å². The number of fused-ring (bicyclic) bond motifs is 1. The highest BCUT2D eigenvalue weighted by molar-refractivity contribution is 5.93. The summed E-state index contributed by atoms with van der Waals surface area (Å²) in [5, 5.41) is 22.5. The molecule has 1 unspecified atom stereocenters. The summed E-state index contributed by atoms with van der Waals surface area (Å²) < 4.78 is 17.3. The molecular weight excluding hydrogens is 676 g/mol. The lowest BCUT2D eigenvalue weighted by molar-refractivity contribution is -0.384. The van der Waals surface area contributed by atoms with E-state index in [1.165, 1.54) is 29.2 Å². The van der Waals surface area contributed by atoms with Crippen LogP contribution in [0.5, 0.6) is 0 Å². The summed E-state index contributed by atoms with van der Waals surface area (Å²) >= 11 is 0. The van der Waals surface area contributed by atoms with Crippen LogP contribution in [0.2, 0.25) is 0 Å². The largest absolute Gasteiger partial charge is 0.453 e. The average Bonchev–Trinajstić information content (AvgIpc) is 3.59. The molecule has 0 spiro atoms. The second-order valence-electron chi connectivity index (χ2n) is 12.3. The first-order valence-electron chi connectivity index (χ1n) is 16.4. The number of carbonyl (C=O) groups is 3. The number of ether oxygens (including phenoxy) is 3. The second kappa shape index (κ2) is 15.3. The van der Waals surface area contributed by atoms with Crippen molar-refractivity contribution < 1.29 is 38.6 Å². The molecular formula is C36H34N6O10. The molecule has 3 aromatic carbocycles. The zero-order chi connectivity index (χ0) is 36.9. The van der Waals surface area contributed by atoms with E-state index >= 15 is 0 Å². The van der Waals surface area contributed by atoms with Gasteiger partial charge >= 0.3 is 11.9 Å². The van der Waals surface area contributed by atoms with Gasteiger partial charge in [0.2, 0.25) is 11.9 Å². The molecule has 0 radical (unpaired) electrons. The zero-order valence-corrected chi connectivity index (χ0v) is 28.0. The summed E-state index contributed by atoms with van der Waals surface area (Å²) in [7, 11) is 0. The van der Waals surface area contributed by atoms with Crippen LogP contribution in [0.25, 0.3) is 11.2 Å². The Morgan fingerprint density at radius 1 is 0.942 bits per heavy atom. The predicted octanol–water partition coefficient (Wildman–Crippen LogP) is 3.67. The Morgan fingerprint density at radius 3 is 2.15 bits per heavy atom. The smallest absolute Gasteiger partial charge is 0.338 e. The Kier molecular flexibility index (Phi) is 10.5. The van der Waals surface area contributed by atoms with Gasteiger partial charge in [0.25, 0.3) is 11.2 Å². The number of aromatic nitrogens is 4. The molecule has 0 aliphatic carbocycles. The number of non-ortho nitro benzene ring substituents is 1. The van der Waals surface area contributed by atoms with Crippen LogP contribution >= 0.6 is 0 Å².